The summed E-state index contributed by atoms with van der Waals surface area (Å²) in [7, 11) is -3.54. The minimum atomic E-state index is -3.54. The van der Waals surface area contributed by atoms with Gasteiger partial charge in [0.1, 0.15) is 0 Å². The van der Waals surface area contributed by atoms with Gasteiger partial charge in [-0.05, 0) is 24.3 Å². The number of nitrogens with zero attached hydrogens (tertiary/aromatic N) is 1. The molecule has 0 aliphatic carbocycles. The van der Waals surface area contributed by atoms with Crippen molar-refractivity contribution in [3.05, 3.63) is 46.4 Å². The lowest BCUT2D eigenvalue weighted by molar-refractivity contribution is 0.305. The summed E-state index contributed by atoms with van der Waals surface area (Å²) in [4.78, 5) is 4.94. The first-order valence-electron chi connectivity index (χ1n) is 6.18. The Hall–Kier alpha value is -1.72. The third-order valence-corrected chi connectivity index (χ3v) is 4.75. The van der Waals surface area contributed by atoms with E-state index < -0.39 is 10.0 Å². The lowest BCUT2D eigenvalue weighted by Gasteiger charge is -2.05. The minimum absolute atomic E-state index is 0.0148. The molecular formula is C14H14N2O3S2. The van der Waals surface area contributed by atoms with Crippen molar-refractivity contribution >= 4 is 21.4 Å². The van der Waals surface area contributed by atoms with E-state index in [0.717, 1.165) is 4.88 Å². The largest absolute Gasteiger partial charge is 0.395 e. The van der Waals surface area contributed by atoms with E-state index in [4.69, 9.17) is 5.11 Å². The number of benzene rings is 1. The Morgan fingerprint density at radius 2 is 2.05 bits per heavy atom. The van der Waals surface area contributed by atoms with Gasteiger partial charge in [-0.25, -0.2) is 13.1 Å². The summed E-state index contributed by atoms with van der Waals surface area (Å²) in [6, 6.07) is 6.31. The van der Waals surface area contributed by atoms with Gasteiger partial charge in [0, 0.05) is 29.6 Å². The molecule has 1 heterocycles. The molecule has 0 fully saturated rings. The molecule has 0 amide bonds. The summed E-state index contributed by atoms with van der Waals surface area (Å²) in [5.41, 5.74) is 2.37. The van der Waals surface area contributed by atoms with Gasteiger partial charge in [-0.1, -0.05) is 11.8 Å². The number of thiazole rings is 1. The van der Waals surface area contributed by atoms with Gasteiger partial charge in [0.05, 0.1) is 17.0 Å². The number of hydrogen-bond acceptors (Lipinski definition) is 5. The highest BCUT2D eigenvalue weighted by Gasteiger charge is 2.13. The SMILES string of the molecule is O=S(=O)(NCc1cncs1)c1ccc(C#CCCO)cc1. The van der Waals surface area contributed by atoms with Crippen molar-refractivity contribution in [2.45, 2.75) is 17.9 Å². The van der Waals surface area contributed by atoms with Crippen LogP contribution in [0.25, 0.3) is 0 Å². The monoisotopic (exact) mass is 322 g/mol. The van der Waals surface area contributed by atoms with E-state index in [2.05, 4.69) is 21.5 Å². The van der Waals surface area contributed by atoms with Gasteiger partial charge in [0.2, 0.25) is 10.0 Å². The van der Waals surface area contributed by atoms with E-state index in [1.807, 2.05) is 0 Å². The van der Waals surface area contributed by atoms with E-state index in [1.54, 1.807) is 23.8 Å². The van der Waals surface area contributed by atoms with Gasteiger partial charge < -0.3 is 5.11 Å². The maximum Gasteiger partial charge on any atom is 0.240 e. The van der Waals surface area contributed by atoms with Gasteiger partial charge >= 0.3 is 0 Å². The average Bonchev–Trinajstić information content (AvgIpc) is 3.00. The van der Waals surface area contributed by atoms with Crippen LogP contribution in [0.3, 0.4) is 0 Å². The Bertz CT molecular complexity index is 727. The Morgan fingerprint density at radius 1 is 1.29 bits per heavy atom. The van der Waals surface area contributed by atoms with E-state index in [9.17, 15) is 8.42 Å². The number of nitrogens with one attached hydrogen (secondary N) is 1. The first kappa shape index (κ1) is 15.7. The third-order valence-electron chi connectivity index (χ3n) is 2.55. The normalized spacial score (nSPS) is 10.9. The smallest absolute Gasteiger partial charge is 0.240 e. The van der Waals surface area contributed by atoms with Gasteiger partial charge in [-0.3, -0.25) is 4.98 Å². The zero-order chi connectivity index (χ0) is 15.1. The lowest BCUT2D eigenvalue weighted by atomic mass is 10.2. The number of sulfonamides is 1. The van der Waals surface area contributed by atoms with Crippen molar-refractivity contribution in [2.75, 3.05) is 6.61 Å². The Labute approximate surface area is 127 Å². The van der Waals surface area contributed by atoms with Gasteiger partial charge in [0.15, 0.2) is 0 Å². The van der Waals surface area contributed by atoms with Crippen LogP contribution in [0.4, 0.5) is 0 Å². The highest BCUT2D eigenvalue weighted by Crippen LogP contribution is 2.12. The molecule has 1 aromatic heterocycles. The number of aliphatic hydroxyl groups is 1. The van der Waals surface area contributed by atoms with E-state index in [0.29, 0.717) is 12.0 Å². The summed E-state index contributed by atoms with van der Waals surface area (Å²) in [5.74, 6) is 5.63. The molecule has 21 heavy (non-hydrogen) atoms. The topological polar surface area (TPSA) is 79.3 Å². The van der Waals surface area contributed by atoms with Crippen molar-refractivity contribution in [1.82, 2.24) is 9.71 Å². The summed E-state index contributed by atoms with van der Waals surface area (Å²) in [5, 5.41) is 8.64. The molecule has 0 saturated heterocycles. The van der Waals surface area contributed by atoms with Crippen molar-refractivity contribution in [3.63, 3.8) is 0 Å². The second-order valence-electron chi connectivity index (χ2n) is 4.09. The van der Waals surface area contributed by atoms with Gasteiger partial charge in [-0.2, -0.15) is 0 Å². The Morgan fingerprint density at radius 3 is 2.67 bits per heavy atom. The lowest BCUT2D eigenvalue weighted by Crippen LogP contribution is -2.22. The molecule has 0 aliphatic rings. The molecule has 2 aromatic rings. The molecule has 0 aliphatic heterocycles. The molecule has 0 unspecified atom stereocenters. The predicted octanol–water partition coefficient (Wildman–Crippen LogP) is 1.36. The standard InChI is InChI=1S/C14H14N2O3S2/c17-8-2-1-3-12-4-6-14(7-5-12)21(18,19)16-10-13-9-15-11-20-13/h4-7,9,11,16-17H,2,8,10H2. The van der Waals surface area contributed by atoms with Crippen molar-refractivity contribution in [2.24, 2.45) is 0 Å². The molecule has 2 rings (SSSR count). The number of aliphatic hydroxyl groups excluding tert-OH is 1. The predicted molar refractivity (Wildman–Crippen MR) is 81.2 cm³/mol. The highest BCUT2D eigenvalue weighted by molar-refractivity contribution is 7.89. The van der Waals surface area contributed by atoms with Crippen LogP contribution in [0.1, 0.15) is 16.9 Å². The molecule has 7 heteroatoms. The second kappa shape index (κ2) is 7.33. The highest BCUT2D eigenvalue weighted by atomic mass is 32.2. The molecule has 0 atom stereocenters. The minimum Gasteiger partial charge on any atom is -0.395 e. The third kappa shape index (κ3) is 4.65. The fraction of sp³-hybridized carbons (Fsp3) is 0.214. The van der Waals surface area contributed by atoms with Crippen LogP contribution in [-0.4, -0.2) is 25.1 Å². The summed E-state index contributed by atoms with van der Waals surface area (Å²) >= 11 is 1.40. The Balaban J connectivity index is 2.05. The quantitative estimate of drug-likeness (QED) is 0.815. The molecule has 5 nitrogen and oxygen atoms in total. The molecule has 110 valence electrons. The zero-order valence-corrected chi connectivity index (χ0v) is 12.7. The number of rotatable bonds is 5. The molecule has 2 N–H and O–H groups in total. The van der Waals surface area contributed by atoms with Crippen molar-refractivity contribution in [1.29, 1.82) is 0 Å². The van der Waals surface area contributed by atoms with E-state index in [-0.39, 0.29) is 18.0 Å². The summed E-state index contributed by atoms with van der Waals surface area (Å²) in [6.07, 6.45) is 2.03. The molecule has 0 bridgehead atoms. The van der Waals surface area contributed by atoms with Gasteiger partial charge in [0.25, 0.3) is 0 Å². The van der Waals surface area contributed by atoms with Crippen LogP contribution in [0.2, 0.25) is 0 Å². The van der Waals surface area contributed by atoms with Gasteiger partial charge in [-0.15, -0.1) is 11.3 Å². The zero-order valence-electron chi connectivity index (χ0n) is 11.1. The number of aromatic nitrogens is 1. The molecule has 0 saturated carbocycles. The number of hydrogen-bond donors (Lipinski definition) is 2. The van der Waals surface area contributed by atoms with Crippen LogP contribution < -0.4 is 4.72 Å². The van der Waals surface area contributed by atoms with Crippen LogP contribution >= 0.6 is 11.3 Å². The molecular weight excluding hydrogens is 308 g/mol. The first-order chi connectivity index (χ1) is 10.1. The molecule has 1 aromatic carbocycles. The maximum absolute atomic E-state index is 12.1. The summed E-state index contributed by atoms with van der Waals surface area (Å²) < 4.78 is 26.7. The van der Waals surface area contributed by atoms with Crippen molar-refractivity contribution in [3.8, 4) is 11.8 Å². The summed E-state index contributed by atoms with van der Waals surface area (Å²) in [6.45, 7) is 0.242. The second-order valence-corrected chi connectivity index (χ2v) is 6.83. The fourth-order valence-electron chi connectivity index (χ4n) is 1.52. The van der Waals surface area contributed by atoms with Crippen LogP contribution in [0, 0.1) is 11.8 Å². The first-order valence-corrected chi connectivity index (χ1v) is 8.55. The fourth-order valence-corrected chi connectivity index (χ4v) is 3.15. The van der Waals surface area contributed by atoms with Crippen LogP contribution in [0.5, 0.6) is 0 Å². The maximum atomic E-state index is 12.1. The average molecular weight is 322 g/mol. The Kier molecular flexibility index (Phi) is 5.47. The van der Waals surface area contributed by atoms with Crippen LogP contribution in [-0.2, 0) is 16.6 Å². The molecule has 0 radical (unpaired) electrons. The van der Waals surface area contributed by atoms with E-state index in [1.165, 1.54) is 23.5 Å². The van der Waals surface area contributed by atoms with Crippen LogP contribution in [0.15, 0.2) is 40.9 Å². The molecule has 0 spiro atoms. The van der Waals surface area contributed by atoms with Crippen molar-refractivity contribution < 1.29 is 13.5 Å². The van der Waals surface area contributed by atoms with E-state index >= 15 is 0 Å².